The van der Waals surface area contributed by atoms with Crippen LogP contribution in [0.25, 0.3) is 0 Å². The van der Waals surface area contributed by atoms with Crippen molar-refractivity contribution in [1.29, 1.82) is 0 Å². The van der Waals surface area contributed by atoms with Crippen molar-refractivity contribution in [2.75, 3.05) is 26.9 Å². The van der Waals surface area contributed by atoms with Crippen LogP contribution in [0.5, 0.6) is 11.5 Å². The molecule has 29 heavy (non-hydrogen) atoms. The van der Waals surface area contributed by atoms with Crippen LogP contribution in [-0.4, -0.2) is 43.9 Å². The van der Waals surface area contributed by atoms with Crippen LogP contribution in [-0.2, 0) is 17.6 Å². The van der Waals surface area contributed by atoms with Gasteiger partial charge in [-0.05, 0) is 61.9 Å². The molecule has 0 saturated carbocycles. The van der Waals surface area contributed by atoms with Gasteiger partial charge in [-0.25, -0.2) is 4.79 Å². The number of likely N-dealkylation sites (tertiary alicyclic amines) is 1. The van der Waals surface area contributed by atoms with E-state index in [9.17, 15) is 4.79 Å². The lowest BCUT2D eigenvalue weighted by Crippen LogP contribution is -2.36. The molecule has 0 radical (unpaired) electrons. The molecule has 1 heterocycles. The average molecular weight is 398 g/mol. The Morgan fingerprint density at radius 3 is 2.83 bits per heavy atom. The molecule has 1 amide bonds. The number of hydrogen-bond donors (Lipinski definition) is 0. The number of nitrogens with zero attached hydrogens (tertiary/aromatic N) is 1. The summed E-state index contributed by atoms with van der Waals surface area (Å²) in [7, 11) is 1.69. The number of methoxy groups -OCH3 is 1. The predicted octanol–water partition coefficient (Wildman–Crippen LogP) is 4.87. The Hall–Kier alpha value is -2.69. The summed E-state index contributed by atoms with van der Waals surface area (Å²) in [6.07, 6.45) is 4.50. The minimum Gasteiger partial charge on any atom is -0.497 e. The second-order valence-electron chi connectivity index (χ2n) is 7.28. The molecular formula is C24H31NO4. The molecule has 1 saturated heterocycles. The van der Waals surface area contributed by atoms with Crippen molar-refractivity contribution in [2.24, 2.45) is 0 Å². The number of ether oxygens (including phenoxy) is 3. The van der Waals surface area contributed by atoms with Crippen LogP contribution < -0.4 is 9.47 Å². The smallest absolute Gasteiger partial charge is 0.409 e. The molecule has 0 aliphatic carbocycles. The highest BCUT2D eigenvalue weighted by atomic mass is 16.6. The normalized spacial score (nSPS) is 15.9. The first-order chi connectivity index (χ1) is 14.2. The van der Waals surface area contributed by atoms with Crippen LogP contribution in [0.1, 0.15) is 37.3 Å². The number of hydrogen-bond acceptors (Lipinski definition) is 4. The standard InChI is InChI=1S/C24H31NO4/c1-3-28-24(26)25-16-7-10-21(25)15-17-29-23-12-5-4-9-20(23)14-13-19-8-6-11-22(18-19)27-2/h4-6,8-9,11-12,18,21H,3,7,10,13-17H2,1-2H3/t21-/m1/s1. The van der Waals surface area contributed by atoms with Crippen molar-refractivity contribution in [3.8, 4) is 11.5 Å². The quantitative estimate of drug-likeness (QED) is 0.606. The summed E-state index contributed by atoms with van der Waals surface area (Å²) in [6.45, 7) is 3.63. The van der Waals surface area contributed by atoms with E-state index in [0.717, 1.165) is 50.1 Å². The Bertz CT molecular complexity index is 792. The molecule has 1 aliphatic heterocycles. The second kappa shape index (κ2) is 10.7. The number of aryl methyl sites for hydroxylation is 2. The lowest BCUT2D eigenvalue weighted by atomic mass is 10.0. The van der Waals surface area contributed by atoms with Gasteiger partial charge in [-0.15, -0.1) is 0 Å². The number of carbonyl (C=O) groups is 1. The van der Waals surface area contributed by atoms with E-state index in [1.54, 1.807) is 7.11 Å². The molecule has 5 heteroatoms. The van der Waals surface area contributed by atoms with Gasteiger partial charge in [-0.2, -0.15) is 0 Å². The maximum Gasteiger partial charge on any atom is 0.409 e. The minimum atomic E-state index is -0.200. The fraction of sp³-hybridized carbons (Fsp3) is 0.458. The highest BCUT2D eigenvalue weighted by molar-refractivity contribution is 5.68. The van der Waals surface area contributed by atoms with Crippen LogP contribution in [0.3, 0.4) is 0 Å². The number of amides is 1. The summed E-state index contributed by atoms with van der Waals surface area (Å²) in [5, 5.41) is 0. The molecule has 0 N–H and O–H groups in total. The van der Waals surface area contributed by atoms with Gasteiger partial charge in [0.15, 0.2) is 0 Å². The van der Waals surface area contributed by atoms with Crippen LogP contribution >= 0.6 is 0 Å². The molecule has 0 aromatic heterocycles. The molecule has 5 nitrogen and oxygen atoms in total. The lowest BCUT2D eigenvalue weighted by Gasteiger charge is -2.24. The van der Waals surface area contributed by atoms with Crippen molar-refractivity contribution in [1.82, 2.24) is 4.90 Å². The zero-order valence-corrected chi connectivity index (χ0v) is 17.4. The summed E-state index contributed by atoms with van der Waals surface area (Å²) < 4.78 is 16.6. The van der Waals surface area contributed by atoms with Crippen LogP contribution in [0.15, 0.2) is 48.5 Å². The van der Waals surface area contributed by atoms with Gasteiger partial charge in [0, 0.05) is 19.0 Å². The molecule has 2 aromatic rings. The largest absolute Gasteiger partial charge is 0.497 e. The number of para-hydroxylation sites is 1. The van der Waals surface area contributed by atoms with Gasteiger partial charge >= 0.3 is 6.09 Å². The molecule has 1 aliphatic rings. The highest BCUT2D eigenvalue weighted by Gasteiger charge is 2.29. The van der Waals surface area contributed by atoms with Gasteiger partial charge in [0.2, 0.25) is 0 Å². The van der Waals surface area contributed by atoms with E-state index in [0.29, 0.717) is 13.2 Å². The summed E-state index contributed by atoms with van der Waals surface area (Å²) in [4.78, 5) is 13.9. The van der Waals surface area contributed by atoms with Gasteiger partial charge in [0.1, 0.15) is 11.5 Å². The summed E-state index contributed by atoms with van der Waals surface area (Å²) >= 11 is 0. The first kappa shape index (κ1) is 21.0. The molecule has 156 valence electrons. The molecule has 1 fully saturated rings. The van der Waals surface area contributed by atoms with E-state index in [1.165, 1.54) is 11.1 Å². The Morgan fingerprint density at radius 1 is 1.14 bits per heavy atom. The molecule has 2 aromatic carbocycles. The van der Waals surface area contributed by atoms with E-state index >= 15 is 0 Å². The van der Waals surface area contributed by atoms with Gasteiger partial charge in [-0.1, -0.05) is 30.3 Å². The summed E-state index contributed by atoms with van der Waals surface area (Å²) in [5.41, 5.74) is 2.44. The van der Waals surface area contributed by atoms with Crippen molar-refractivity contribution in [3.05, 3.63) is 59.7 Å². The topological polar surface area (TPSA) is 48.0 Å². The fourth-order valence-corrected chi connectivity index (χ4v) is 3.85. The Morgan fingerprint density at radius 2 is 2.00 bits per heavy atom. The van der Waals surface area contributed by atoms with Gasteiger partial charge in [0.05, 0.1) is 20.3 Å². The number of carbonyl (C=O) groups excluding carboxylic acids is 1. The first-order valence-electron chi connectivity index (χ1n) is 10.5. The summed E-state index contributed by atoms with van der Waals surface area (Å²) in [6, 6.07) is 16.6. The number of benzene rings is 2. The Labute approximate surface area is 173 Å². The Kier molecular flexibility index (Phi) is 7.79. The highest BCUT2D eigenvalue weighted by Crippen LogP contribution is 2.24. The van der Waals surface area contributed by atoms with Crippen LogP contribution in [0.4, 0.5) is 4.79 Å². The average Bonchev–Trinajstić information content (AvgIpc) is 3.22. The van der Waals surface area contributed by atoms with Crippen molar-refractivity contribution in [2.45, 2.75) is 45.1 Å². The van der Waals surface area contributed by atoms with Crippen molar-refractivity contribution in [3.63, 3.8) is 0 Å². The van der Waals surface area contributed by atoms with E-state index in [2.05, 4.69) is 18.2 Å². The fourth-order valence-electron chi connectivity index (χ4n) is 3.85. The first-order valence-corrected chi connectivity index (χ1v) is 10.5. The zero-order chi connectivity index (χ0) is 20.5. The van der Waals surface area contributed by atoms with E-state index < -0.39 is 0 Å². The van der Waals surface area contributed by atoms with Crippen LogP contribution in [0.2, 0.25) is 0 Å². The third-order valence-electron chi connectivity index (χ3n) is 5.38. The SMILES string of the molecule is CCOC(=O)N1CCC[C@@H]1CCOc1ccccc1CCc1cccc(OC)c1. The maximum absolute atomic E-state index is 12.1. The third-order valence-corrected chi connectivity index (χ3v) is 5.38. The second-order valence-corrected chi connectivity index (χ2v) is 7.28. The number of rotatable bonds is 9. The third kappa shape index (κ3) is 5.89. The Balaban J connectivity index is 1.53. The van der Waals surface area contributed by atoms with Gasteiger partial charge in [0.25, 0.3) is 0 Å². The zero-order valence-electron chi connectivity index (χ0n) is 17.4. The van der Waals surface area contributed by atoms with E-state index in [4.69, 9.17) is 14.2 Å². The van der Waals surface area contributed by atoms with E-state index in [1.807, 2.05) is 42.2 Å². The predicted molar refractivity (Wildman–Crippen MR) is 114 cm³/mol. The van der Waals surface area contributed by atoms with Crippen LogP contribution in [0, 0.1) is 0 Å². The molecule has 0 unspecified atom stereocenters. The minimum absolute atomic E-state index is 0.200. The molecular weight excluding hydrogens is 366 g/mol. The van der Waals surface area contributed by atoms with Gasteiger partial charge in [-0.3, -0.25) is 0 Å². The molecule has 0 bridgehead atoms. The monoisotopic (exact) mass is 397 g/mol. The van der Waals surface area contributed by atoms with Crippen molar-refractivity contribution < 1.29 is 19.0 Å². The summed E-state index contributed by atoms with van der Waals surface area (Å²) in [5.74, 6) is 1.81. The van der Waals surface area contributed by atoms with E-state index in [-0.39, 0.29) is 12.1 Å². The van der Waals surface area contributed by atoms with Gasteiger partial charge < -0.3 is 19.1 Å². The maximum atomic E-state index is 12.1. The molecule has 0 spiro atoms. The molecule has 3 rings (SSSR count). The van der Waals surface area contributed by atoms with Crippen molar-refractivity contribution >= 4 is 6.09 Å². The lowest BCUT2D eigenvalue weighted by molar-refractivity contribution is 0.0983. The molecule has 1 atom stereocenters.